The van der Waals surface area contributed by atoms with Gasteiger partial charge in [0.2, 0.25) is 5.91 Å². The Morgan fingerprint density at radius 3 is 2.68 bits per heavy atom. The molecule has 2 aromatic heterocycles. The van der Waals surface area contributed by atoms with Crippen LogP contribution in [0.4, 0.5) is 0 Å². The fourth-order valence-electron chi connectivity index (χ4n) is 3.39. The van der Waals surface area contributed by atoms with E-state index in [2.05, 4.69) is 17.4 Å². The van der Waals surface area contributed by atoms with Crippen LogP contribution in [0.2, 0.25) is 0 Å². The number of thiophene rings is 1. The summed E-state index contributed by atoms with van der Waals surface area (Å²) in [4.78, 5) is 30.6. The van der Waals surface area contributed by atoms with Gasteiger partial charge in [0.05, 0.1) is 11.3 Å². The molecule has 0 saturated carbocycles. The molecule has 2 heterocycles. The molecule has 0 spiro atoms. The van der Waals surface area contributed by atoms with Crippen molar-refractivity contribution >= 4 is 49.3 Å². The number of nitrogens with zero attached hydrogens (tertiary/aromatic N) is 2. The third-order valence-corrected chi connectivity index (χ3v) is 7.39. The average Bonchev–Trinajstić information content (AvgIpc) is 3.17. The maximum Gasteiger partial charge on any atom is 0.272 e. The van der Waals surface area contributed by atoms with Gasteiger partial charge in [-0.25, -0.2) is 4.98 Å². The first-order valence-electron chi connectivity index (χ1n) is 10.4. The Morgan fingerprint density at radius 1 is 1.16 bits per heavy atom. The van der Waals surface area contributed by atoms with Gasteiger partial charge < -0.3 is 5.32 Å². The summed E-state index contributed by atoms with van der Waals surface area (Å²) in [6.07, 6.45) is 1.61. The number of benzene rings is 2. The minimum atomic E-state index is -0.0431. The van der Waals surface area contributed by atoms with Gasteiger partial charge in [0.15, 0.2) is 5.16 Å². The molecule has 0 saturated heterocycles. The van der Waals surface area contributed by atoms with E-state index in [1.54, 1.807) is 4.57 Å². The maximum atomic E-state index is 13.4. The van der Waals surface area contributed by atoms with Crippen molar-refractivity contribution in [2.24, 2.45) is 0 Å². The van der Waals surface area contributed by atoms with Crippen molar-refractivity contribution in [1.82, 2.24) is 14.9 Å². The number of nitrogens with one attached hydrogen (secondary N) is 1. The first-order valence-corrected chi connectivity index (χ1v) is 12.2. The second-order valence-corrected chi connectivity index (χ2v) is 9.52. The van der Waals surface area contributed by atoms with Crippen molar-refractivity contribution in [2.75, 3.05) is 5.75 Å². The van der Waals surface area contributed by atoms with E-state index in [1.165, 1.54) is 23.1 Å². The van der Waals surface area contributed by atoms with Gasteiger partial charge in [-0.1, -0.05) is 67.2 Å². The molecule has 0 unspecified atom stereocenters. The van der Waals surface area contributed by atoms with E-state index in [0.717, 1.165) is 34.0 Å². The molecule has 4 aromatic rings. The highest BCUT2D eigenvalue weighted by molar-refractivity contribution is 7.99. The number of hydrogen-bond acceptors (Lipinski definition) is 5. The van der Waals surface area contributed by atoms with Crippen LogP contribution in [0.25, 0.3) is 20.3 Å². The van der Waals surface area contributed by atoms with Crippen LogP contribution < -0.4 is 10.9 Å². The molecule has 1 amide bonds. The molecular formula is C24H25N3O2S2. The molecule has 0 aliphatic heterocycles. The fourth-order valence-corrected chi connectivity index (χ4v) is 5.32. The highest BCUT2D eigenvalue weighted by atomic mass is 32.2. The van der Waals surface area contributed by atoms with Crippen LogP contribution >= 0.6 is 23.1 Å². The molecule has 5 nitrogen and oxygen atoms in total. The summed E-state index contributed by atoms with van der Waals surface area (Å²) in [5.41, 5.74) is 1.86. The third kappa shape index (κ3) is 4.83. The van der Waals surface area contributed by atoms with Gasteiger partial charge in [-0.05, 0) is 31.4 Å². The molecule has 4 rings (SSSR count). The topological polar surface area (TPSA) is 64.0 Å². The smallest absolute Gasteiger partial charge is 0.272 e. The van der Waals surface area contributed by atoms with Gasteiger partial charge in [0, 0.05) is 22.7 Å². The zero-order chi connectivity index (χ0) is 21.8. The van der Waals surface area contributed by atoms with Gasteiger partial charge in [0.25, 0.3) is 5.56 Å². The van der Waals surface area contributed by atoms with Gasteiger partial charge in [-0.15, -0.1) is 11.3 Å². The number of thioether (sulfide) groups is 1. The van der Waals surface area contributed by atoms with E-state index in [9.17, 15) is 9.59 Å². The summed E-state index contributed by atoms with van der Waals surface area (Å²) in [7, 11) is 0. The summed E-state index contributed by atoms with van der Waals surface area (Å²) in [5.74, 6) is 0.189. The van der Waals surface area contributed by atoms with Crippen LogP contribution in [-0.4, -0.2) is 27.3 Å². The molecule has 0 radical (unpaired) electrons. The van der Waals surface area contributed by atoms with Crippen molar-refractivity contribution < 1.29 is 4.79 Å². The lowest BCUT2D eigenvalue weighted by Gasteiger charge is -2.14. The molecule has 7 heteroatoms. The minimum Gasteiger partial charge on any atom is -0.353 e. The van der Waals surface area contributed by atoms with Crippen LogP contribution in [0.15, 0.2) is 64.5 Å². The molecule has 0 aliphatic carbocycles. The van der Waals surface area contributed by atoms with Crippen molar-refractivity contribution in [3.63, 3.8) is 0 Å². The van der Waals surface area contributed by atoms with E-state index in [1.807, 2.05) is 56.3 Å². The van der Waals surface area contributed by atoms with Gasteiger partial charge in [-0.2, -0.15) is 0 Å². The Labute approximate surface area is 189 Å². The van der Waals surface area contributed by atoms with Crippen LogP contribution in [0.3, 0.4) is 0 Å². The first-order chi connectivity index (χ1) is 15.1. The number of aryl methyl sites for hydroxylation is 1. The Morgan fingerprint density at radius 2 is 1.90 bits per heavy atom. The number of amides is 1. The summed E-state index contributed by atoms with van der Waals surface area (Å²) in [6, 6.07) is 18.2. The van der Waals surface area contributed by atoms with E-state index in [0.29, 0.717) is 16.4 Å². The molecule has 31 heavy (non-hydrogen) atoms. The van der Waals surface area contributed by atoms with Crippen LogP contribution in [0, 0.1) is 0 Å². The summed E-state index contributed by atoms with van der Waals surface area (Å²) >= 11 is 2.81. The van der Waals surface area contributed by atoms with Gasteiger partial charge in [0.1, 0.15) is 4.70 Å². The van der Waals surface area contributed by atoms with E-state index < -0.39 is 0 Å². The summed E-state index contributed by atoms with van der Waals surface area (Å²) in [5, 5.41) is 4.56. The highest BCUT2D eigenvalue weighted by Gasteiger charge is 2.17. The predicted octanol–water partition coefficient (Wildman–Crippen LogP) is 4.86. The minimum absolute atomic E-state index is 0.0352. The zero-order valence-corrected chi connectivity index (χ0v) is 19.3. The number of rotatable bonds is 8. The normalized spacial score (nSPS) is 12.3. The fraction of sp³-hybridized carbons (Fsp3) is 0.292. The van der Waals surface area contributed by atoms with Crippen molar-refractivity contribution in [2.45, 2.75) is 44.4 Å². The van der Waals surface area contributed by atoms with E-state index >= 15 is 0 Å². The lowest BCUT2D eigenvalue weighted by atomic mass is 10.1. The number of carbonyl (C=O) groups excluding carboxylic acids is 1. The largest absolute Gasteiger partial charge is 0.353 e. The summed E-state index contributed by atoms with van der Waals surface area (Å²) < 4.78 is 3.45. The van der Waals surface area contributed by atoms with Crippen LogP contribution in [0.1, 0.15) is 25.8 Å². The molecule has 0 bridgehead atoms. The standard InChI is InChI=1S/C24H25N3O2S2/c1-3-16(2)25-20(28)15-30-24-26-21-18-11-7-8-12-19(18)31-22(21)23(29)27(24)14-13-17-9-5-4-6-10-17/h4-12,16H,3,13-15H2,1-2H3,(H,25,28)/t16-/m0/s1. The SMILES string of the molecule is CC[C@H](C)NC(=O)CSc1nc2c(sc3ccccc32)c(=O)n1CCc1ccccc1. The van der Waals surface area contributed by atoms with E-state index in [-0.39, 0.29) is 23.3 Å². The second-order valence-electron chi connectivity index (χ2n) is 7.53. The average molecular weight is 452 g/mol. The van der Waals surface area contributed by atoms with Crippen molar-refractivity contribution in [3.05, 3.63) is 70.5 Å². The van der Waals surface area contributed by atoms with Crippen LogP contribution in [0.5, 0.6) is 0 Å². The van der Waals surface area contributed by atoms with Crippen molar-refractivity contribution in [3.8, 4) is 0 Å². The van der Waals surface area contributed by atoms with Gasteiger partial charge >= 0.3 is 0 Å². The lowest BCUT2D eigenvalue weighted by Crippen LogP contribution is -2.33. The molecule has 0 aliphatic rings. The number of carbonyl (C=O) groups is 1. The third-order valence-electron chi connectivity index (χ3n) is 5.27. The first kappa shape index (κ1) is 21.6. The molecular weight excluding hydrogens is 426 g/mol. The highest BCUT2D eigenvalue weighted by Crippen LogP contribution is 2.31. The number of fused-ring (bicyclic) bond motifs is 3. The predicted molar refractivity (Wildman–Crippen MR) is 130 cm³/mol. The molecule has 1 N–H and O–H groups in total. The molecule has 1 atom stereocenters. The molecule has 160 valence electrons. The Hall–Kier alpha value is -2.64. The Balaban J connectivity index is 1.70. The van der Waals surface area contributed by atoms with Crippen LogP contribution in [-0.2, 0) is 17.8 Å². The zero-order valence-electron chi connectivity index (χ0n) is 17.6. The number of hydrogen-bond donors (Lipinski definition) is 1. The second kappa shape index (κ2) is 9.66. The van der Waals surface area contributed by atoms with E-state index in [4.69, 9.17) is 4.98 Å². The summed E-state index contributed by atoms with van der Waals surface area (Å²) in [6.45, 7) is 4.55. The Bertz CT molecular complexity index is 1260. The Kier molecular flexibility index (Phi) is 6.73. The molecule has 2 aromatic carbocycles. The molecule has 0 fully saturated rings. The quantitative estimate of drug-likeness (QED) is 0.307. The maximum absolute atomic E-state index is 13.4. The van der Waals surface area contributed by atoms with Crippen molar-refractivity contribution in [1.29, 1.82) is 0 Å². The monoisotopic (exact) mass is 451 g/mol. The number of aromatic nitrogens is 2. The van der Waals surface area contributed by atoms with Gasteiger partial charge in [-0.3, -0.25) is 14.2 Å². The lowest BCUT2D eigenvalue weighted by molar-refractivity contribution is -0.119.